The van der Waals surface area contributed by atoms with E-state index in [1.54, 1.807) is 12.1 Å². The molecule has 94 valence electrons. The first kappa shape index (κ1) is 12.0. The van der Waals surface area contributed by atoms with Crippen molar-refractivity contribution < 1.29 is 9.50 Å². The van der Waals surface area contributed by atoms with Crippen LogP contribution in [0, 0.1) is 17.1 Å². The van der Waals surface area contributed by atoms with Crippen molar-refractivity contribution in [2.24, 2.45) is 0 Å². The van der Waals surface area contributed by atoms with Gasteiger partial charge in [-0.1, -0.05) is 12.1 Å². The van der Waals surface area contributed by atoms with Crippen molar-refractivity contribution in [2.45, 2.75) is 41.8 Å². The van der Waals surface area contributed by atoms with E-state index in [1.165, 1.54) is 6.07 Å². The summed E-state index contributed by atoms with van der Waals surface area (Å²) in [5, 5.41) is 20.5. The van der Waals surface area contributed by atoms with Gasteiger partial charge in [0.1, 0.15) is 11.9 Å². The Labute approximate surface area is 110 Å². The first-order valence-electron chi connectivity index (χ1n) is 6.19. The van der Waals surface area contributed by atoms with Gasteiger partial charge in [-0.25, -0.2) is 4.39 Å². The number of fused-ring (bicyclic) bond motifs is 2. The number of nitrogens with zero attached hydrogens (tertiary/aromatic N) is 1. The van der Waals surface area contributed by atoms with Crippen LogP contribution in [-0.2, 0) is 5.60 Å². The molecule has 2 fully saturated rings. The Morgan fingerprint density at radius 1 is 1.33 bits per heavy atom. The van der Waals surface area contributed by atoms with Crippen LogP contribution in [0.4, 0.5) is 4.39 Å². The third-order valence-electron chi connectivity index (χ3n) is 3.95. The summed E-state index contributed by atoms with van der Waals surface area (Å²) in [5.74, 6) is -0.547. The van der Waals surface area contributed by atoms with Crippen molar-refractivity contribution in [1.29, 1.82) is 5.26 Å². The van der Waals surface area contributed by atoms with Crippen molar-refractivity contribution in [3.8, 4) is 6.07 Å². The minimum Gasteiger partial charge on any atom is -0.385 e. The van der Waals surface area contributed by atoms with E-state index in [2.05, 4.69) is 0 Å². The van der Waals surface area contributed by atoms with Gasteiger partial charge >= 0.3 is 0 Å². The highest BCUT2D eigenvalue weighted by molar-refractivity contribution is 8.00. The van der Waals surface area contributed by atoms with Gasteiger partial charge < -0.3 is 5.11 Å². The van der Waals surface area contributed by atoms with E-state index >= 15 is 0 Å². The number of benzene rings is 1. The minimum absolute atomic E-state index is 0.0199. The smallest absolute Gasteiger partial charge is 0.147 e. The van der Waals surface area contributed by atoms with E-state index in [0.717, 1.165) is 12.8 Å². The molecule has 0 radical (unpaired) electrons. The number of hydrogen-bond acceptors (Lipinski definition) is 3. The third kappa shape index (κ3) is 1.82. The molecule has 1 aromatic rings. The molecule has 2 unspecified atom stereocenters. The highest BCUT2D eigenvalue weighted by Gasteiger charge is 2.45. The van der Waals surface area contributed by atoms with Crippen LogP contribution in [-0.4, -0.2) is 15.6 Å². The Hall–Kier alpha value is -1.05. The van der Waals surface area contributed by atoms with Crippen LogP contribution in [0.15, 0.2) is 18.2 Å². The van der Waals surface area contributed by atoms with Crippen LogP contribution in [0.1, 0.15) is 36.8 Å². The standard InChI is InChI=1S/C14H14FNOS/c15-13-9(8-16)2-1-3-12(13)14(17)6-10-4-5-11(7-14)18-10/h1-3,10-11,17H,4-7H2. The summed E-state index contributed by atoms with van der Waals surface area (Å²) in [6, 6.07) is 6.56. The second-order valence-electron chi connectivity index (χ2n) is 5.18. The molecule has 1 N–H and O–H groups in total. The predicted octanol–water partition coefficient (Wildman–Crippen LogP) is 2.94. The van der Waals surface area contributed by atoms with Gasteiger partial charge in [0.25, 0.3) is 0 Å². The van der Waals surface area contributed by atoms with Gasteiger partial charge in [-0.2, -0.15) is 17.0 Å². The minimum atomic E-state index is -1.09. The normalized spacial score (nSPS) is 34.3. The molecule has 2 saturated heterocycles. The highest BCUT2D eigenvalue weighted by Crippen LogP contribution is 2.51. The quantitative estimate of drug-likeness (QED) is 0.847. The monoisotopic (exact) mass is 263 g/mol. The van der Waals surface area contributed by atoms with Gasteiger partial charge in [-0.3, -0.25) is 0 Å². The van der Waals surface area contributed by atoms with Gasteiger partial charge in [-0.15, -0.1) is 0 Å². The van der Waals surface area contributed by atoms with Crippen LogP contribution in [0.5, 0.6) is 0 Å². The van der Waals surface area contributed by atoms with Gasteiger partial charge in [0, 0.05) is 16.1 Å². The third-order valence-corrected chi connectivity index (χ3v) is 5.52. The summed E-state index contributed by atoms with van der Waals surface area (Å²) < 4.78 is 14.2. The van der Waals surface area contributed by atoms with Crippen molar-refractivity contribution >= 4 is 11.8 Å². The molecule has 2 aliphatic heterocycles. The fourth-order valence-corrected chi connectivity index (χ4v) is 4.95. The maximum Gasteiger partial charge on any atom is 0.147 e. The average molecular weight is 263 g/mol. The number of thioether (sulfide) groups is 1. The summed E-state index contributed by atoms with van der Waals surface area (Å²) in [6.45, 7) is 0. The topological polar surface area (TPSA) is 44.0 Å². The summed E-state index contributed by atoms with van der Waals surface area (Å²) in [6.07, 6.45) is 3.41. The van der Waals surface area contributed by atoms with E-state index in [9.17, 15) is 9.50 Å². The van der Waals surface area contributed by atoms with Crippen molar-refractivity contribution in [3.05, 3.63) is 35.1 Å². The molecular formula is C14H14FNOS. The zero-order chi connectivity index (χ0) is 12.8. The Morgan fingerprint density at radius 3 is 2.61 bits per heavy atom. The van der Waals surface area contributed by atoms with Crippen LogP contribution in [0.3, 0.4) is 0 Å². The fraction of sp³-hybridized carbons (Fsp3) is 0.500. The average Bonchev–Trinajstić information content (AvgIpc) is 2.69. The zero-order valence-electron chi connectivity index (χ0n) is 9.90. The fourth-order valence-electron chi connectivity index (χ4n) is 3.11. The Morgan fingerprint density at radius 2 is 2.00 bits per heavy atom. The van der Waals surface area contributed by atoms with Gasteiger partial charge in [0.15, 0.2) is 0 Å². The molecule has 0 saturated carbocycles. The molecule has 18 heavy (non-hydrogen) atoms. The lowest BCUT2D eigenvalue weighted by molar-refractivity contribution is 0.0162. The Kier molecular flexibility index (Phi) is 2.84. The summed E-state index contributed by atoms with van der Waals surface area (Å²) in [7, 11) is 0. The molecule has 2 bridgehead atoms. The Bertz CT molecular complexity index is 513. The van der Waals surface area contributed by atoms with Crippen molar-refractivity contribution in [3.63, 3.8) is 0 Å². The molecule has 0 spiro atoms. The maximum atomic E-state index is 14.2. The summed E-state index contributed by atoms with van der Waals surface area (Å²) in [4.78, 5) is 0. The molecule has 2 aliphatic rings. The van der Waals surface area contributed by atoms with Crippen LogP contribution in [0.25, 0.3) is 0 Å². The summed E-state index contributed by atoms with van der Waals surface area (Å²) in [5.41, 5.74) is -0.765. The highest BCUT2D eigenvalue weighted by atomic mass is 32.2. The molecule has 2 heterocycles. The van der Waals surface area contributed by atoms with E-state index in [4.69, 9.17) is 5.26 Å². The first-order valence-corrected chi connectivity index (χ1v) is 7.13. The van der Waals surface area contributed by atoms with Crippen LogP contribution < -0.4 is 0 Å². The Balaban J connectivity index is 2.02. The van der Waals surface area contributed by atoms with Gasteiger partial charge in [-0.05, 0) is 31.7 Å². The van der Waals surface area contributed by atoms with E-state index in [-0.39, 0.29) is 5.56 Å². The van der Waals surface area contributed by atoms with Crippen LogP contribution >= 0.6 is 11.8 Å². The molecule has 2 atom stereocenters. The van der Waals surface area contributed by atoms with E-state index in [1.807, 2.05) is 17.8 Å². The SMILES string of the molecule is N#Cc1cccc(C2(O)CC3CCC(C2)S3)c1F. The second kappa shape index (κ2) is 4.25. The molecule has 0 aliphatic carbocycles. The first-order chi connectivity index (χ1) is 8.62. The van der Waals surface area contributed by atoms with E-state index in [0.29, 0.717) is 28.9 Å². The number of nitriles is 1. The van der Waals surface area contributed by atoms with E-state index < -0.39 is 11.4 Å². The lowest BCUT2D eigenvalue weighted by atomic mass is 9.85. The van der Waals surface area contributed by atoms with Crippen molar-refractivity contribution in [2.75, 3.05) is 0 Å². The zero-order valence-corrected chi connectivity index (χ0v) is 10.7. The van der Waals surface area contributed by atoms with Crippen LogP contribution in [0.2, 0.25) is 0 Å². The number of halogens is 1. The molecule has 0 amide bonds. The number of aliphatic hydroxyl groups is 1. The molecule has 3 rings (SSSR count). The van der Waals surface area contributed by atoms with Crippen molar-refractivity contribution in [1.82, 2.24) is 0 Å². The number of rotatable bonds is 1. The second-order valence-corrected chi connectivity index (χ2v) is 6.78. The predicted molar refractivity (Wildman–Crippen MR) is 68.6 cm³/mol. The summed E-state index contributed by atoms with van der Waals surface area (Å²) >= 11 is 1.92. The van der Waals surface area contributed by atoms with Gasteiger partial charge in [0.2, 0.25) is 0 Å². The van der Waals surface area contributed by atoms with Gasteiger partial charge in [0.05, 0.1) is 11.2 Å². The lowest BCUT2D eigenvalue weighted by Gasteiger charge is -2.36. The number of hydrogen-bond donors (Lipinski definition) is 1. The molecular weight excluding hydrogens is 249 g/mol. The molecule has 2 nitrogen and oxygen atoms in total. The molecule has 1 aromatic carbocycles. The molecule has 4 heteroatoms. The molecule has 0 aromatic heterocycles. The lowest BCUT2D eigenvalue weighted by Crippen LogP contribution is -2.35. The maximum absolute atomic E-state index is 14.2. The largest absolute Gasteiger partial charge is 0.385 e.